The molecule has 4 aliphatic heterocycles. The van der Waals surface area contributed by atoms with Crippen LogP contribution in [0.1, 0.15) is 38.5 Å². The van der Waals surface area contributed by atoms with Crippen molar-refractivity contribution in [2.24, 2.45) is 0 Å². The fourth-order valence-electron chi connectivity index (χ4n) is 6.91. The fourth-order valence-corrected chi connectivity index (χ4v) is 7.33. The molecule has 4 saturated heterocycles. The van der Waals surface area contributed by atoms with Gasteiger partial charge in [0.1, 0.15) is 28.1 Å². The molecule has 57 heavy (non-hydrogen) atoms. The van der Waals surface area contributed by atoms with Crippen molar-refractivity contribution in [1.82, 2.24) is 41.2 Å². The van der Waals surface area contributed by atoms with E-state index in [0.717, 1.165) is 25.9 Å². The molecule has 0 aliphatic carbocycles. The Kier molecular flexibility index (Phi) is 15.6. The van der Waals surface area contributed by atoms with Crippen molar-refractivity contribution < 1.29 is 28.2 Å². The molecular formula is C35H45Cl3FN11O7. The molecule has 4 amide bonds. The van der Waals surface area contributed by atoms with Crippen LogP contribution in [0.4, 0.5) is 35.8 Å². The first-order valence-corrected chi connectivity index (χ1v) is 19.2. The standard InChI is InChI=1S/C21H24ClFN6O4.C14H20ClN5O3.ClH/c22-18-17(11-24-27-19(18)30)29-10-7-16(12-29)33-21(32)26-15-5-8-28(9-6-15)20(31)25-14-3-1-13(23)2-4-14;15-12-11(7-17-19-13(12)21)20-6-3-10(8-20)23-14(22)18-9-1-4-16-5-2-9;/h1-4,11,15-16H,5-10,12H2,(H,25,31)(H,26,32)(H,27,30);7,9-10,16H,1-6,8H2,(H,18,22)(H,19,21);1H/t16-;10-;/m11./s1. The molecule has 3 aromatic rings. The normalized spacial score (nSPS) is 19.8. The van der Waals surface area contributed by atoms with Crippen molar-refractivity contribution in [2.45, 2.75) is 62.8 Å². The number of ether oxygens (including phenoxy) is 2. The highest BCUT2D eigenvalue weighted by Gasteiger charge is 2.31. The van der Waals surface area contributed by atoms with Crippen LogP contribution in [0, 0.1) is 5.82 Å². The molecule has 2 aromatic heterocycles. The van der Waals surface area contributed by atoms with Gasteiger partial charge >= 0.3 is 18.2 Å². The molecule has 6 N–H and O–H groups in total. The minimum Gasteiger partial charge on any atom is -0.444 e. The highest BCUT2D eigenvalue weighted by Crippen LogP contribution is 2.27. The summed E-state index contributed by atoms with van der Waals surface area (Å²) in [6.07, 6.45) is 5.89. The Morgan fingerprint density at radius 1 is 0.719 bits per heavy atom. The number of likely N-dealkylation sites (tertiary alicyclic amines) is 1. The van der Waals surface area contributed by atoms with E-state index in [1.807, 2.05) is 9.80 Å². The highest BCUT2D eigenvalue weighted by atomic mass is 35.5. The summed E-state index contributed by atoms with van der Waals surface area (Å²) in [6, 6.07) is 5.38. The Bertz CT molecular complexity index is 1950. The summed E-state index contributed by atoms with van der Waals surface area (Å²) in [4.78, 5) is 65.2. The third kappa shape index (κ3) is 12.1. The number of alkyl carbamates (subject to hydrolysis) is 2. The number of aromatic amines is 2. The van der Waals surface area contributed by atoms with E-state index < -0.39 is 17.2 Å². The number of piperidine rings is 2. The smallest absolute Gasteiger partial charge is 0.407 e. The number of nitrogens with one attached hydrogen (secondary N) is 6. The number of rotatable bonds is 7. The molecule has 22 heteroatoms. The Balaban J connectivity index is 0.000000227. The first-order chi connectivity index (χ1) is 27.0. The zero-order chi connectivity index (χ0) is 39.6. The molecule has 310 valence electrons. The molecule has 7 rings (SSSR count). The number of nitrogens with zero attached hydrogens (tertiary/aromatic N) is 5. The zero-order valence-electron chi connectivity index (χ0n) is 30.8. The number of anilines is 3. The first-order valence-electron chi connectivity index (χ1n) is 18.4. The fraction of sp³-hybridized carbons (Fsp3) is 0.514. The second-order valence-corrected chi connectivity index (χ2v) is 14.6. The predicted octanol–water partition coefficient (Wildman–Crippen LogP) is 3.47. The van der Waals surface area contributed by atoms with Crippen LogP contribution in [-0.4, -0.2) is 120 Å². The number of hydrogen-bond acceptors (Lipinski definition) is 12. The van der Waals surface area contributed by atoms with Crippen LogP contribution < -0.4 is 42.2 Å². The summed E-state index contributed by atoms with van der Waals surface area (Å²) in [5.74, 6) is -0.367. The van der Waals surface area contributed by atoms with Gasteiger partial charge < -0.3 is 45.4 Å². The summed E-state index contributed by atoms with van der Waals surface area (Å²) in [7, 11) is 0. The molecule has 0 unspecified atom stereocenters. The van der Waals surface area contributed by atoms with Gasteiger partial charge in [0.2, 0.25) is 0 Å². The number of benzene rings is 1. The van der Waals surface area contributed by atoms with Crippen LogP contribution >= 0.6 is 35.6 Å². The van der Waals surface area contributed by atoms with E-state index >= 15 is 0 Å². The van der Waals surface area contributed by atoms with Gasteiger partial charge in [-0.2, -0.15) is 10.2 Å². The number of carbonyl (C=O) groups excluding carboxylic acids is 3. The van der Waals surface area contributed by atoms with Crippen molar-refractivity contribution >= 4 is 70.9 Å². The van der Waals surface area contributed by atoms with E-state index in [-0.39, 0.29) is 64.7 Å². The van der Waals surface area contributed by atoms with Crippen molar-refractivity contribution in [3.63, 3.8) is 0 Å². The Morgan fingerprint density at radius 3 is 1.68 bits per heavy atom. The Morgan fingerprint density at radius 2 is 1.19 bits per heavy atom. The number of halogens is 4. The number of carbonyl (C=O) groups is 3. The maximum Gasteiger partial charge on any atom is 0.407 e. The van der Waals surface area contributed by atoms with Crippen molar-refractivity contribution in [1.29, 1.82) is 0 Å². The number of H-pyrrole nitrogens is 2. The molecule has 18 nitrogen and oxygen atoms in total. The van der Waals surface area contributed by atoms with Crippen molar-refractivity contribution in [2.75, 3.05) is 67.5 Å². The SMILES string of the molecule is Cl.O=C(NC1CCN(C(=O)Nc2ccc(F)cc2)CC1)O[C@@H]1CCN(c2cn[nH]c(=O)c2Cl)C1.O=C(NC1CCNCC1)O[C@@H]1CCN(c2cn[nH]c(=O)c2Cl)C1. The average molecular weight is 857 g/mol. The largest absolute Gasteiger partial charge is 0.444 e. The molecule has 0 saturated carbocycles. The maximum absolute atomic E-state index is 13.0. The quantitative estimate of drug-likeness (QED) is 0.201. The Hall–Kier alpha value is -4.85. The lowest BCUT2D eigenvalue weighted by Gasteiger charge is -2.32. The number of hydrogen-bond donors (Lipinski definition) is 6. The predicted molar refractivity (Wildman–Crippen MR) is 213 cm³/mol. The van der Waals surface area contributed by atoms with Gasteiger partial charge in [-0.3, -0.25) is 9.59 Å². The lowest BCUT2D eigenvalue weighted by Crippen LogP contribution is -2.48. The molecular weight excluding hydrogens is 812 g/mol. The van der Waals surface area contributed by atoms with Gasteiger partial charge in [-0.15, -0.1) is 12.4 Å². The monoisotopic (exact) mass is 855 g/mol. The Labute approximate surface area is 342 Å². The highest BCUT2D eigenvalue weighted by molar-refractivity contribution is 6.33. The van der Waals surface area contributed by atoms with Gasteiger partial charge in [0, 0.05) is 56.8 Å². The summed E-state index contributed by atoms with van der Waals surface area (Å²) in [5, 5.41) is 24.0. The van der Waals surface area contributed by atoms with Crippen LogP contribution in [-0.2, 0) is 9.47 Å². The zero-order valence-corrected chi connectivity index (χ0v) is 33.1. The number of amides is 4. The molecule has 4 fully saturated rings. The van der Waals surface area contributed by atoms with Crippen molar-refractivity contribution in [3.8, 4) is 0 Å². The van der Waals surface area contributed by atoms with Crippen molar-refractivity contribution in [3.05, 3.63) is 73.2 Å². The lowest BCUT2D eigenvalue weighted by molar-refractivity contribution is 0.100. The van der Waals surface area contributed by atoms with Gasteiger partial charge in [0.15, 0.2) is 0 Å². The minimum atomic E-state index is -0.508. The maximum atomic E-state index is 13.0. The molecule has 0 bridgehead atoms. The van der Waals surface area contributed by atoms with E-state index in [1.165, 1.54) is 36.7 Å². The molecule has 6 heterocycles. The third-order valence-corrected chi connectivity index (χ3v) is 10.7. The van der Waals surface area contributed by atoms with Gasteiger partial charge in [-0.1, -0.05) is 23.2 Å². The average Bonchev–Trinajstić information content (AvgIpc) is 3.85. The van der Waals surface area contributed by atoms with E-state index in [1.54, 1.807) is 4.90 Å². The molecule has 4 aliphatic rings. The van der Waals surface area contributed by atoms with Crippen LogP contribution in [0.5, 0.6) is 0 Å². The van der Waals surface area contributed by atoms with E-state index in [4.69, 9.17) is 32.7 Å². The topological polar surface area (TPSA) is 219 Å². The number of urea groups is 1. The summed E-state index contributed by atoms with van der Waals surface area (Å²) in [5.41, 5.74) is 0.720. The van der Waals surface area contributed by atoms with E-state index in [0.29, 0.717) is 82.0 Å². The van der Waals surface area contributed by atoms with Crippen LogP contribution in [0.2, 0.25) is 10.0 Å². The molecule has 1 aromatic carbocycles. The summed E-state index contributed by atoms with van der Waals surface area (Å²) < 4.78 is 24.0. The summed E-state index contributed by atoms with van der Waals surface area (Å²) >= 11 is 12.1. The third-order valence-electron chi connectivity index (χ3n) is 9.93. The van der Waals surface area contributed by atoms with Gasteiger partial charge in [-0.05, 0) is 63.0 Å². The lowest BCUT2D eigenvalue weighted by atomic mass is 10.1. The van der Waals surface area contributed by atoms with Gasteiger partial charge in [-0.25, -0.2) is 29.0 Å². The first kappa shape index (κ1) is 43.3. The molecule has 0 radical (unpaired) electrons. The summed E-state index contributed by atoms with van der Waals surface area (Å²) in [6.45, 7) is 4.95. The van der Waals surface area contributed by atoms with Gasteiger partial charge in [0.05, 0.1) is 36.9 Å². The van der Waals surface area contributed by atoms with E-state index in [2.05, 4.69) is 41.7 Å². The van der Waals surface area contributed by atoms with E-state index in [9.17, 15) is 28.4 Å². The molecule has 0 spiro atoms. The van der Waals surface area contributed by atoms with Gasteiger partial charge in [0.25, 0.3) is 11.1 Å². The van der Waals surface area contributed by atoms with Crippen LogP contribution in [0.3, 0.4) is 0 Å². The van der Waals surface area contributed by atoms with Crippen LogP contribution in [0.15, 0.2) is 46.2 Å². The minimum absolute atomic E-state index is 0. The second kappa shape index (κ2) is 20.5. The number of aromatic nitrogens is 4. The van der Waals surface area contributed by atoms with Crippen LogP contribution in [0.25, 0.3) is 0 Å². The molecule has 2 atom stereocenters. The second-order valence-electron chi connectivity index (χ2n) is 13.8.